The van der Waals surface area contributed by atoms with E-state index in [9.17, 15) is 0 Å². The molecule has 0 fully saturated rings. The van der Waals surface area contributed by atoms with Gasteiger partial charge in [0.2, 0.25) is 0 Å². The maximum absolute atomic E-state index is 7.17. The molecular formula is C16H19BO7. The summed E-state index contributed by atoms with van der Waals surface area (Å²) in [6, 6.07) is 14.7. The van der Waals surface area contributed by atoms with Gasteiger partial charge in [-0.1, -0.05) is 0 Å². The van der Waals surface area contributed by atoms with Gasteiger partial charge in [0, 0.05) is 0 Å². The van der Waals surface area contributed by atoms with Gasteiger partial charge in [-0.2, -0.15) is 0 Å². The molecule has 4 aromatic rings. The molecule has 0 unspecified atom stereocenters. The van der Waals surface area contributed by atoms with Gasteiger partial charge in [-0.15, -0.1) is 0 Å². The SMILES string of the molecule is OB(O)O.c1ccoc1.c1ccoc1.c1ccoc1.c1ccoc1. The number of hydrogen-bond acceptors (Lipinski definition) is 7. The highest BCUT2D eigenvalue weighted by Crippen LogP contribution is 1.81. The Hall–Kier alpha value is -2.94. The molecule has 0 saturated heterocycles. The van der Waals surface area contributed by atoms with Crippen molar-refractivity contribution in [3.63, 3.8) is 0 Å². The fourth-order valence-electron chi connectivity index (χ4n) is 0.907. The molecule has 24 heavy (non-hydrogen) atoms. The van der Waals surface area contributed by atoms with Crippen molar-refractivity contribution in [2.45, 2.75) is 0 Å². The van der Waals surface area contributed by atoms with Crippen LogP contribution in [0.4, 0.5) is 0 Å². The molecule has 0 aliphatic rings. The van der Waals surface area contributed by atoms with E-state index < -0.39 is 7.32 Å². The highest BCUT2D eigenvalue weighted by atomic mass is 16.5. The zero-order chi connectivity index (χ0) is 17.7. The van der Waals surface area contributed by atoms with E-state index in [0.717, 1.165) is 0 Å². The van der Waals surface area contributed by atoms with Crippen molar-refractivity contribution in [3.05, 3.63) is 98.6 Å². The standard InChI is InChI=1S/4C4H4O.BH3O3/c4*1-2-4-5-3-1;2-1(3)4/h4*1-4H;2-4H. The molecule has 4 rings (SSSR count). The third-order valence-corrected chi connectivity index (χ3v) is 1.70. The normalized spacial score (nSPS) is 7.79. The van der Waals surface area contributed by atoms with Crippen molar-refractivity contribution < 1.29 is 32.7 Å². The fourth-order valence-corrected chi connectivity index (χ4v) is 0.907. The van der Waals surface area contributed by atoms with Gasteiger partial charge in [0.25, 0.3) is 0 Å². The maximum Gasteiger partial charge on any atom is 0.631 e. The van der Waals surface area contributed by atoms with Gasteiger partial charge in [0.15, 0.2) is 0 Å². The van der Waals surface area contributed by atoms with E-state index in [1.165, 1.54) is 0 Å². The van der Waals surface area contributed by atoms with Crippen molar-refractivity contribution in [3.8, 4) is 0 Å². The van der Waals surface area contributed by atoms with Gasteiger partial charge in [-0.05, 0) is 48.5 Å². The molecule has 0 bridgehead atoms. The van der Waals surface area contributed by atoms with Crippen LogP contribution in [0.5, 0.6) is 0 Å². The van der Waals surface area contributed by atoms with Gasteiger partial charge in [-0.3, -0.25) is 0 Å². The van der Waals surface area contributed by atoms with E-state index in [1.807, 2.05) is 48.5 Å². The summed E-state index contributed by atoms with van der Waals surface area (Å²) in [4.78, 5) is 0. The van der Waals surface area contributed by atoms with Crippen LogP contribution in [0.25, 0.3) is 0 Å². The summed E-state index contributed by atoms with van der Waals surface area (Å²) in [6.07, 6.45) is 13.0. The second kappa shape index (κ2) is 18.1. The summed E-state index contributed by atoms with van der Waals surface area (Å²) < 4.78 is 18.3. The monoisotopic (exact) mass is 334 g/mol. The third kappa shape index (κ3) is 21.4. The summed E-state index contributed by atoms with van der Waals surface area (Å²) in [5.41, 5.74) is 0. The predicted octanol–water partition coefficient (Wildman–Crippen LogP) is 3.07. The maximum atomic E-state index is 7.17. The van der Waals surface area contributed by atoms with Crippen molar-refractivity contribution >= 4 is 7.32 Å². The first-order valence-corrected chi connectivity index (χ1v) is 6.66. The lowest BCUT2D eigenvalue weighted by atomic mass is 10.3. The summed E-state index contributed by atoms with van der Waals surface area (Å²) in [6.45, 7) is 0. The first-order chi connectivity index (χ1) is 11.7. The Kier molecular flexibility index (Phi) is 15.9. The van der Waals surface area contributed by atoms with E-state index in [0.29, 0.717) is 0 Å². The summed E-state index contributed by atoms with van der Waals surface area (Å²) in [5.74, 6) is 0. The zero-order valence-electron chi connectivity index (χ0n) is 12.8. The molecule has 3 N–H and O–H groups in total. The van der Waals surface area contributed by atoms with E-state index in [2.05, 4.69) is 17.7 Å². The number of furan rings is 4. The lowest BCUT2D eigenvalue weighted by molar-refractivity contribution is 0.278. The third-order valence-electron chi connectivity index (χ3n) is 1.70. The second-order valence-electron chi connectivity index (χ2n) is 3.52. The summed E-state index contributed by atoms with van der Waals surface area (Å²) in [7, 11) is -2.17. The molecule has 0 atom stereocenters. The lowest BCUT2D eigenvalue weighted by Crippen LogP contribution is -2.07. The van der Waals surface area contributed by atoms with Crippen molar-refractivity contribution in [1.82, 2.24) is 0 Å². The molecule has 8 heteroatoms. The summed E-state index contributed by atoms with van der Waals surface area (Å²) >= 11 is 0. The Morgan fingerprint density at radius 2 is 0.500 bits per heavy atom. The average Bonchev–Trinajstić information content (AvgIpc) is 3.46. The molecule has 0 amide bonds. The molecular weight excluding hydrogens is 315 g/mol. The molecule has 7 nitrogen and oxygen atoms in total. The molecule has 0 spiro atoms. The van der Waals surface area contributed by atoms with E-state index >= 15 is 0 Å². The Bertz CT molecular complexity index is 396. The Morgan fingerprint density at radius 1 is 0.375 bits per heavy atom. The van der Waals surface area contributed by atoms with Gasteiger partial charge in [0.1, 0.15) is 0 Å². The number of hydrogen-bond donors (Lipinski definition) is 3. The van der Waals surface area contributed by atoms with Crippen LogP contribution in [-0.4, -0.2) is 22.4 Å². The zero-order valence-corrected chi connectivity index (χ0v) is 12.8. The fraction of sp³-hybridized carbons (Fsp3) is 0. The molecule has 0 saturated carbocycles. The smallest absolute Gasteiger partial charge is 0.473 e. The highest BCUT2D eigenvalue weighted by Gasteiger charge is 1.92. The number of rotatable bonds is 0. The van der Waals surface area contributed by atoms with Crippen molar-refractivity contribution in [2.75, 3.05) is 0 Å². The van der Waals surface area contributed by atoms with E-state index in [-0.39, 0.29) is 0 Å². The van der Waals surface area contributed by atoms with Crippen molar-refractivity contribution in [2.24, 2.45) is 0 Å². The van der Waals surface area contributed by atoms with Crippen LogP contribution in [-0.2, 0) is 0 Å². The summed E-state index contributed by atoms with van der Waals surface area (Å²) in [5, 5.41) is 21.5. The van der Waals surface area contributed by atoms with Crippen molar-refractivity contribution in [1.29, 1.82) is 0 Å². The van der Waals surface area contributed by atoms with Crippen LogP contribution in [0, 0.1) is 0 Å². The Morgan fingerprint density at radius 3 is 0.542 bits per heavy atom. The Balaban J connectivity index is 0.000000277. The van der Waals surface area contributed by atoms with Crippen LogP contribution in [0.1, 0.15) is 0 Å². The Labute approximate surface area is 139 Å². The minimum Gasteiger partial charge on any atom is -0.473 e. The lowest BCUT2D eigenvalue weighted by Gasteiger charge is -1.69. The van der Waals surface area contributed by atoms with Crippen LogP contribution in [0.3, 0.4) is 0 Å². The molecule has 0 aliphatic carbocycles. The molecule has 128 valence electrons. The quantitative estimate of drug-likeness (QED) is 0.424. The average molecular weight is 334 g/mol. The van der Waals surface area contributed by atoms with Crippen LogP contribution in [0.2, 0.25) is 0 Å². The highest BCUT2D eigenvalue weighted by molar-refractivity contribution is 6.30. The van der Waals surface area contributed by atoms with E-state index in [1.54, 1.807) is 50.1 Å². The molecule has 4 aromatic heterocycles. The minimum absolute atomic E-state index is 1.62. The second-order valence-corrected chi connectivity index (χ2v) is 3.52. The predicted molar refractivity (Wildman–Crippen MR) is 87.2 cm³/mol. The first-order valence-electron chi connectivity index (χ1n) is 6.66. The molecule has 0 radical (unpaired) electrons. The molecule has 0 aliphatic heterocycles. The van der Waals surface area contributed by atoms with Crippen LogP contribution < -0.4 is 0 Å². The molecule has 4 heterocycles. The van der Waals surface area contributed by atoms with Gasteiger partial charge >= 0.3 is 7.32 Å². The van der Waals surface area contributed by atoms with Gasteiger partial charge < -0.3 is 32.7 Å². The van der Waals surface area contributed by atoms with Gasteiger partial charge in [-0.25, -0.2) is 0 Å². The molecule has 0 aromatic carbocycles. The largest absolute Gasteiger partial charge is 0.631 e. The van der Waals surface area contributed by atoms with E-state index in [4.69, 9.17) is 15.1 Å². The van der Waals surface area contributed by atoms with Gasteiger partial charge in [0.05, 0.1) is 50.1 Å². The van der Waals surface area contributed by atoms with Crippen LogP contribution in [0.15, 0.2) is 116 Å². The first kappa shape index (κ1) is 21.1. The minimum atomic E-state index is -2.17. The topological polar surface area (TPSA) is 113 Å². The van der Waals surface area contributed by atoms with Crippen LogP contribution >= 0.6 is 0 Å².